The second-order valence-electron chi connectivity index (χ2n) is 7.05. The van der Waals surface area contributed by atoms with Gasteiger partial charge in [-0.05, 0) is 52.1 Å². The number of nitrogens with one attached hydrogen (secondary N) is 2. The number of piperidine rings is 1. The van der Waals surface area contributed by atoms with Gasteiger partial charge in [0.1, 0.15) is 5.60 Å². The Labute approximate surface area is 118 Å². The topological polar surface area (TPSA) is 50.4 Å². The van der Waals surface area contributed by atoms with E-state index in [2.05, 4.69) is 10.6 Å². The van der Waals surface area contributed by atoms with E-state index < -0.39 is 29.1 Å². The van der Waals surface area contributed by atoms with Gasteiger partial charge in [0.25, 0.3) is 5.92 Å². The summed E-state index contributed by atoms with van der Waals surface area (Å²) in [6.07, 6.45) is 0.318. The molecule has 0 aromatic heterocycles. The number of carbonyl (C=O) groups is 1. The molecule has 2 aliphatic rings. The smallest absolute Gasteiger partial charge is 0.407 e. The van der Waals surface area contributed by atoms with Crippen LogP contribution in [-0.2, 0) is 4.74 Å². The summed E-state index contributed by atoms with van der Waals surface area (Å²) >= 11 is 0. The van der Waals surface area contributed by atoms with E-state index in [1.54, 1.807) is 20.8 Å². The Balaban J connectivity index is 2.06. The maximum absolute atomic E-state index is 13.8. The van der Waals surface area contributed by atoms with Gasteiger partial charge >= 0.3 is 6.09 Å². The van der Waals surface area contributed by atoms with Crippen LogP contribution in [0.25, 0.3) is 0 Å². The van der Waals surface area contributed by atoms with Crippen LogP contribution in [0.1, 0.15) is 46.5 Å². The number of alkyl halides is 2. The van der Waals surface area contributed by atoms with E-state index >= 15 is 0 Å². The van der Waals surface area contributed by atoms with E-state index in [4.69, 9.17) is 4.74 Å². The molecule has 1 aliphatic carbocycles. The Hall–Kier alpha value is -0.910. The third-order valence-corrected chi connectivity index (χ3v) is 4.14. The molecule has 0 aromatic rings. The van der Waals surface area contributed by atoms with Crippen molar-refractivity contribution in [3.05, 3.63) is 0 Å². The van der Waals surface area contributed by atoms with Crippen LogP contribution < -0.4 is 10.6 Å². The molecule has 2 fully saturated rings. The minimum absolute atomic E-state index is 0.137. The van der Waals surface area contributed by atoms with E-state index in [0.717, 1.165) is 13.1 Å². The minimum atomic E-state index is -2.70. The lowest BCUT2D eigenvalue weighted by Crippen LogP contribution is -2.50. The molecule has 0 aromatic carbocycles. The van der Waals surface area contributed by atoms with E-state index in [1.165, 1.54) is 0 Å². The summed E-state index contributed by atoms with van der Waals surface area (Å²) in [6.45, 7) is 6.73. The van der Waals surface area contributed by atoms with Crippen molar-refractivity contribution in [1.82, 2.24) is 10.6 Å². The standard InChI is InChI=1S/C14H24F2N2O2/c1-12(2,3)20-11(19)18-10-8-14(15,16)9-13(10)4-6-17-7-5-13/h10,17H,4-9H2,1-3H3,(H,18,19). The molecule has 20 heavy (non-hydrogen) atoms. The first kappa shape index (κ1) is 15.5. The van der Waals surface area contributed by atoms with Crippen LogP contribution in [0, 0.1) is 5.41 Å². The molecule has 1 atom stereocenters. The van der Waals surface area contributed by atoms with Crippen molar-refractivity contribution in [3.8, 4) is 0 Å². The molecule has 0 bridgehead atoms. The number of halogens is 2. The average Bonchev–Trinajstić information content (AvgIpc) is 2.47. The lowest BCUT2D eigenvalue weighted by atomic mass is 9.74. The first-order valence-electron chi connectivity index (χ1n) is 7.20. The van der Waals surface area contributed by atoms with Crippen LogP contribution in [0.3, 0.4) is 0 Å². The van der Waals surface area contributed by atoms with Crippen molar-refractivity contribution in [3.63, 3.8) is 0 Å². The first-order valence-corrected chi connectivity index (χ1v) is 7.20. The summed E-state index contributed by atoms with van der Waals surface area (Å²) in [5.41, 5.74) is -1.11. The lowest BCUT2D eigenvalue weighted by Gasteiger charge is -2.39. The number of ether oxygens (including phenoxy) is 1. The molecule has 0 radical (unpaired) electrons. The van der Waals surface area contributed by atoms with Crippen molar-refractivity contribution < 1.29 is 18.3 Å². The molecule has 1 heterocycles. The Kier molecular flexibility index (Phi) is 3.97. The number of hydrogen-bond donors (Lipinski definition) is 2. The monoisotopic (exact) mass is 290 g/mol. The van der Waals surface area contributed by atoms with Gasteiger partial charge < -0.3 is 15.4 Å². The van der Waals surface area contributed by atoms with E-state index in [-0.39, 0.29) is 12.8 Å². The molecule has 1 amide bonds. The Bertz CT molecular complexity index is 374. The van der Waals surface area contributed by atoms with Gasteiger partial charge in [0.05, 0.1) is 0 Å². The molecular formula is C14H24F2N2O2. The maximum Gasteiger partial charge on any atom is 0.407 e. The van der Waals surface area contributed by atoms with Gasteiger partial charge in [0.15, 0.2) is 0 Å². The second kappa shape index (κ2) is 5.13. The third-order valence-electron chi connectivity index (χ3n) is 4.14. The molecule has 1 saturated carbocycles. The normalized spacial score (nSPS) is 28.4. The highest BCUT2D eigenvalue weighted by atomic mass is 19.3. The van der Waals surface area contributed by atoms with Gasteiger partial charge in [0.2, 0.25) is 0 Å². The number of amides is 1. The number of carbonyl (C=O) groups excluding carboxylic acids is 1. The van der Waals surface area contributed by atoms with Crippen molar-refractivity contribution in [2.75, 3.05) is 13.1 Å². The zero-order valence-corrected chi connectivity index (χ0v) is 12.4. The summed E-state index contributed by atoms with van der Waals surface area (Å²) in [7, 11) is 0. The number of alkyl carbamates (subject to hydrolysis) is 1. The van der Waals surface area contributed by atoms with Gasteiger partial charge in [-0.25, -0.2) is 13.6 Å². The molecular weight excluding hydrogens is 266 g/mol. The summed E-state index contributed by atoms with van der Waals surface area (Å²) < 4.78 is 32.8. The fourth-order valence-corrected chi connectivity index (χ4v) is 3.33. The Morgan fingerprint density at radius 1 is 1.30 bits per heavy atom. The molecule has 4 nitrogen and oxygen atoms in total. The van der Waals surface area contributed by atoms with E-state index in [0.29, 0.717) is 12.8 Å². The van der Waals surface area contributed by atoms with E-state index in [9.17, 15) is 13.6 Å². The summed E-state index contributed by atoms with van der Waals surface area (Å²) in [4.78, 5) is 11.9. The number of hydrogen-bond acceptors (Lipinski definition) is 3. The van der Waals surface area contributed by atoms with E-state index in [1.807, 2.05) is 0 Å². The molecule has 1 unspecified atom stereocenters. The van der Waals surface area contributed by atoms with Gasteiger partial charge in [0, 0.05) is 18.9 Å². The van der Waals surface area contributed by atoms with Gasteiger partial charge in [-0.1, -0.05) is 0 Å². The van der Waals surface area contributed by atoms with Gasteiger partial charge in [-0.2, -0.15) is 0 Å². The highest BCUT2D eigenvalue weighted by Crippen LogP contribution is 2.52. The van der Waals surface area contributed by atoms with Crippen molar-refractivity contribution in [2.45, 2.75) is 64.0 Å². The quantitative estimate of drug-likeness (QED) is 0.780. The molecule has 116 valence electrons. The highest BCUT2D eigenvalue weighted by Gasteiger charge is 2.56. The molecule has 1 aliphatic heterocycles. The first-order chi connectivity index (χ1) is 9.12. The summed E-state index contributed by atoms with van der Waals surface area (Å²) in [6, 6.07) is -0.505. The molecule has 2 rings (SSSR count). The Morgan fingerprint density at radius 2 is 1.90 bits per heavy atom. The lowest BCUT2D eigenvalue weighted by molar-refractivity contribution is -0.00757. The zero-order chi connectivity index (χ0) is 15.0. The minimum Gasteiger partial charge on any atom is -0.444 e. The van der Waals surface area contributed by atoms with Crippen LogP contribution in [0.15, 0.2) is 0 Å². The largest absolute Gasteiger partial charge is 0.444 e. The average molecular weight is 290 g/mol. The van der Waals surface area contributed by atoms with Crippen LogP contribution in [-0.4, -0.2) is 36.7 Å². The fraction of sp³-hybridized carbons (Fsp3) is 0.929. The highest BCUT2D eigenvalue weighted by molar-refractivity contribution is 5.68. The predicted octanol–water partition coefficient (Wildman–Crippen LogP) is 2.68. The number of rotatable bonds is 1. The second-order valence-corrected chi connectivity index (χ2v) is 7.05. The summed E-state index contributed by atoms with van der Waals surface area (Å²) in [5, 5.41) is 5.87. The third kappa shape index (κ3) is 3.59. The Morgan fingerprint density at radius 3 is 2.45 bits per heavy atom. The van der Waals surface area contributed by atoms with Gasteiger partial charge in [-0.3, -0.25) is 0 Å². The van der Waals surface area contributed by atoms with Crippen LogP contribution in [0.5, 0.6) is 0 Å². The zero-order valence-electron chi connectivity index (χ0n) is 12.4. The van der Waals surface area contributed by atoms with Crippen molar-refractivity contribution in [1.29, 1.82) is 0 Å². The van der Waals surface area contributed by atoms with Crippen LogP contribution >= 0.6 is 0 Å². The molecule has 6 heteroatoms. The molecule has 2 N–H and O–H groups in total. The maximum atomic E-state index is 13.8. The summed E-state index contributed by atoms with van der Waals surface area (Å²) in [5.74, 6) is -2.70. The molecule has 1 spiro atoms. The van der Waals surface area contributed by atoms with Crippen LogP contribution in [0.2, 0.25) is 0 Å². The van der Waals surface area contributed by atoms with Crippen molar-refractivity contribution in [2.24, 2.45) is 5.41 Å². The fourth-order valence-electron chi connectivity index (χ4n) is 3.33. The predicted molar refractivity (Wildman–Crippen MR) is 71.9 cm³/mol. The van der Waals surface area contributed by atoms with Crippen LogP contribution in [0.4, 0.5) is 13.6 Å². The molecule has 1 saturated heterocycles. The SMILES string of the molecule is CC(C)(C)OC(=O)NC1CC(F)(F)CC12CCNCC2. The van der Waals surface area contributed by atoms with Gasteiger partial charge in [-0.15, -0.1) is 0 Å². The van der Waals surface area contributed by atoms with Crippen molar-refractivity contribution >= 4 is 6.09 Å².